The van der Waals surface area contributed by atoms with Crippen molar-refractivity contribution in [1.82, 2.24) is 10.6 Å². The second kappa shape index (κ2) is 6.35. The number of nitrogens with one attached hydrogen (secondary N) is 2. The molecular formula is C11H22N2O3. The highest BCUT2D eigenvalue weighted by Gasteiger charge is 2.16. The lowest BCUT2D eigenvalue weighted by atomic mass is 9.97. The van der Waals surface area contributed by atoms with Crippen LogP contribution >= 0.6 is 0 Å². The molecule has 5 nitrogen and oxygen atoms in total. The van der Waals surface area contributed by atoms with E-state index in [9.17, 15) is 9.59 Å². The van der Waals surface area contributed by atoms with Crippen LogP contribution in [0.5, 0.6) is 0 Å². The van der Waals surface area contributed by atoms with Gasteiger partial charge in [0.1, 0.15) is 0 Å². The van der Waals surface area contributed by atoms with Crippen LogP contribution in [0, 0.1) is 11.3 Å². The lowest BCUT2D eigenvalue weighted by Gasteiger charge is -2.19. The van der Waals surface area contributed by atoms with Gasteiger partial charge in [0.15, 0.2) is 0 Å². The van der Waals surface area contributed by atoms with Crippen LogP contribution in [0.25, 0.3) is 0 Å². The second-order valence-corrected chi connectivity index (χ2v) is 5.07. The maximum Gasteiger partial charge on any atom is 0.314 e. The number of aliphatic carboxylic acids is 1. The minimum Gasteiger partial charge on any atom is -0.481 e. The summed E-state index contributed by atoms with van der Waals surface area (Å²) in [6.07, 6.45) is 0.509. The molecule has 0 radical (unpaired) electrons. The Hall–Kier alpha value is -1.26. The molecule has 0 aliphatic heterocycles. The van der Waals surface area contributed by atoms with E-state index in [1.54, 1.807) is 6.92 Å². The van der Waals surface area contributed by atoms with Gasteiger partial charge >= 0.3 is 12.0 Å². The van der Waals surface area contributed by atoms with Gasteiger partial charge in [0.05, 0.1) is 5.92 Å². The fourth-order valence-corrected chi connectivity index (χ4v) is 1.03. The highest BCUT2D eigenvalue weighted by atomic mass is 16.4. The number of hydrogen-bond acceptors (Lipinski definition) is 2. The lowest BCUT2D eigenvalue weighted by Crippen LogP contribution is -2.42. The van der Waals surface area contributed by atoms with Crippen molar-refractivity contribution < 1.29 is 14.7 Å². The van der Waals surface area contributed by atoms with Crippen molar-refractivity contribution in [2.24, 2.45) is 11.3 Å². The Kier molecular flexibility index (Phi) is 5.85. The molecule has 1 unspecified atom stereocenters. The molecule has 0 saturated carbocycles. The average molecular weight is 230 g/mol. The van der Waals surface area contributed by atoms with Crippen LogP contribution in [0.3, 0.4) is 0 Å². The molecule has 2 amide bonds. The first kappa shape index (κ1) is 14.7. The molecule has 0 saturated heterocycles. The molecule has 0 spiro atoms. The zero-order valence-electron chi connectivity index (χ0n) is 10.5. The summed E-state index contributed by atoms with van der Waals surface area (Å²) in [6, 6.07) is -0.311. The zero-order valence-corrected chi connectivity index (χ0v) is 10.5. The van der Waals surface area contributed by atoms with Gasteiger partial charge < -0.3 is 15.7 Å². The quantitative estimate of drug-likeness (QED) is 0.668. The topological polar surface area (TPSA) is 78.4 Å². The van der Waals surface area contributed by atoms with E-state index in [4.69, 9.17) is 5.11 Å². The van der Waals surface area contributed by atoms with Gasteiger partial charge in [-0.05, 0) is 11.8 Å². The van der Waals surface area contributed by atoms with Gasteiger partial charge in [-0.1, -0.05) is 27.7 Å². The summed E-state index contributed by atoms with van der Waals surface area (Å²) >= 11 is 0. The molecular weight excluding hydrogens is 208 g/mol. The first-order valence-corrected chi connectivity index (χ1v) is 5.50. The lowest BCUT2D eigenvalue weighted by molar-refractivity contribution is -0.141. The van der Waals surface area contributed by atoms with E-state index in [-0.39, 0.29) is 18.0 Å². The van der Waals surface area contributed by atoms with Gasteiger partial charge in [0, 0.05) is 13.1 Å². The minimum absolute atomic E-state index is 0.0221. The van der Waals surface area contributed by atoms with E-state index in [1.165, 1.54) is 0 Å². The monoisotopic (exact) mass is 230 g/mol. The van der Waals surface area contributed by atoms with Gasteiger partial charge in [0.25, 0.3) is 0 Å². The molecule has 94 valence electrons. The molecule has 0 aliphatic carbocycles. The third kappa shape index (κ3) is 7.09. The van der Waals surface area contributed by atoms with Gasteiger partial charge in [0.2, 0.25) is 0 Å². The largest absolute Gasteiger partial charge is 0.481 e. The molecule has 3 N–H and O–H groups in total. The van der Waals surface area contributed by atoms with Crippen molar-refractivity contribution >= 4 is 12.0 Å². The Morgan fingerprint density at radius 3 is 2.19 bits per heavy atom. The smallest absolute Gasteiger partial charge is 0.314 e. The van der Waals surface area contributed by atoms with Crippen molar-refractivity contribution in [2.75, 3.05) is 13.1 Å². The number of carbonyl (C=O) groups is 2. The van der Waals surface area contributed by atoms with E-state index in [2.05, 4.69) is 10.6 Å². The molecule has 0 heterocycles. The predicted octanol–water partition coefficient (Wildman–Crippen LogP) is 1.44. The van der Waals surface area contributed by atoms with Crippen molar-refractivity contribution in [1.29, 1.82) is 0 Å². The van der Waals surface area contributed by atoms with Crippen LogP contribution in [-0.4, -0.2) is 30.2 Å². The predicted molar refractivity (Wildman–Crippen MR) is 62.3 cm³/mol. The van der Waals surface area contributed by atoms with Crippen LogP contribution in [0.15, 0.2) is 0 Å². The summed E-state index contributed by atoms with van der Waals surface area (Å²) in [6.45, 7) is 8.55. The fourth-order valence-electron chi connectivity index (χ4n) is 1.03. The third-order valence-corrected chi connectivity index (χ3v) is 2.13. The van der Waals surface area contributed by atoms with Gasteiger partial charge in [-0.3, -0.25) is 4.79 Å². The van der Waals surface area contributed by atoms with E-state index >= 15 is 0 Å². The summed E-state index contributed by atoms with van der Waals surface area (Å²) in [5.41, 5.74) is 0.0221. The fraction of sp³-hybridized carbons (Fsp3) is 0.818. The average Bonchev–Trinajstić information content (AvgIpc) is 2.14. The van der Waals surface area contributed by atoms with E-state index in [0.717, 1.165) is 0 Å². The molecule has 0 aliphatic rings. The SMILES string of the molecule is CCC(CNC(=O)NCC(C)(C)C)C(=O)O. The summed E-state index contributed by atoms with van der Waals surface area (Å²) in [5.74, 6) is -1.39. The normalized spacial score (nSPS) is 13.0. The first-order valence-electron chi connectivity index (χ1n) is 5.50. The Labute approximate surface area is 96.6 Å². The molecule has 0 fully saturated rings. The second-order valence-electron chi connectivity index (χ2n) is 5.07. The first-order chi connectivity index (χ1) is 7.26. The van der Waals surface area contributed by atoms with Crippen molar-refractivity contribution in [2.45, 2.75) is 34.1 Å². The maximum atomic E-state index is 11.3. The highest BCUT2D eigenvalue weighted by Crippen LogP contribution is 2.09. The van der Waals surface area contributed by atoms with Gasteiger partial charge in [-0.15, -0.1) is 0 Å². The van der Waals surface area contributed by atoms with Crippen LogP contribution in [0.2, 0.25) is 0 Å². The summed E-state index contributed by atoms with van der Waals surface area (Å²) in [4.78, 5) is 22.0. The number of carboxylic acids is 1. The van der Waals surface area contributed by atoms with Crippen molar-refractivity contribution in [3.05, 3.63) is 0 Å². The number of rotatable bonds is 5. The van der Waals surface area contributed by atoms with Gasteiger partial charge in [-0.2, -0.15) is 0 Å². The standard InChI is InChI=1S/C11H22N2O3/c1-5-8(9(14)15)6-12-10(16)13-7-11(2,3)4/h8H,5-7H2,1-4H3,(H,14,15)(H2,12,13,16). The number of hydrogen-bond donors (Lipinski definition) is 3. The minimum atomic E-state index is -0.876. The van der Waals surface area contributed by atoms with Crippen LogP contribution in [0.4, 0.5) is 4.79 Å². The highest BCUT2D eigenvalue weighted by molar-refractivity contribution is 5.75. The maximum absolute atomic E-state index is 11.3. The molecule has 0 aromatic heterocycles. The zero-order chi connectivity index (χ0) is 12.8. The Morgan fingerprint density at radius 2 is 1.81 bits per heavy atom. The van der Waals surface area contributed by atoms with Crippen molar-refractivity contribution in [3.8, 4) is 0 Å². The number of urea groups is 1. The number of amides is 2. The van der Waals surface area contributed by atoms with Crippen LogP contribution < -0.4 is 10.6 Å². The molecule has 0 bridgehead atoms. The molecule has 0 aromatic carbocycles. The Bertz CT molecular complexity index is 246. The summed E-state index contributed by atoms with van der Waals surface area (Å²) < 4.78 is 0. The molecule has 1 atom stereocenters. The summed E-state index contributed by atoms with van der Waals surface area (Å²) in [5, 5.41) is 14.0. The number of carbonyl (C=O) groups excluding carboxylic acids is 1. The Balaban J connectivity index is 3.85. The van der Waals surface area contributed by atoms with E-state index < -0.39 is 11.9 Å². The van der Waals surface area contributed by atoms with E-state index in [1.807, 2.05) is 20.8 Å². The third-order valence-electron chi connectivity index (χ3n) is 2.13. The Morgan fingerprint density at radius 1 is 1.25 bits per heavy atom. The van der Waals surface area contributed by atoms with Crippen molar-refractivity contribution in [3.63, 3.8) is 0 Å². The van der Waals surface area contributed by atoms with E-state index in [0.29, 0.717) is 13.0 Å². The molecule has 16 heavy (non-hydrogen) atoms. The summed E-state index contributed by atoms with van der Waals surface area (Å²) in [7, 11) is 0. The van der Waals surface area contributed by atoms with Crippen LogP contribution in [0.1, 0.15) is 34.1 Å². The van der Waals surface area contributed by atoms with Gasteiger partial charge in [-0.25, -0.2) is 4.79 Å². The molecule has 0 rings (SSSR count). The molecule has 0 aromatic rings. The van der Waals surface area contributed by atoms with Crippen LogP contribution in [-0.2, 0) is 4.79 Å². The molecule has 5 heteroatoms. The number of carboxylic acid groups (broad SMARTS) is 1.